The summed E-state index contributed by atoms with van der Waals surface area (Å²) in [5.41, 5.74) is 0.945. The Bertz CT molecular complexity index is 599. The molecular formula is C13H12BrF2N3. The van der Waals surface area contributed by atoms with Crippen LogP contribution in [-0.4, -0.2) is 9.55 Å². The first kappa shape index (κ1) is 13.7. The molecule has 3 nitrogen and oxygen atoms in total. The third kappa shape index (κ3) is 3.01. The van der Waals surface area contributed by atoms with E-state index in [1.54, 1.807) is 10.6 Å². The molecule has 19 heavy (non-hydrogen) atoms. The number of hydrogen-bond acceptors (Lipinski definition) is 2. The van der Waals surface area contributed by atoms with E-state index in [2.05, 4.69) is 32.8 Å². The molecule has 6 heteroatoms. The van der Waals surface area contributed by atoms with E-state index in [9.17, 15) is 8.78 Å². The summed E-state index contributed by atoms with van der Waals surface area (Å²) >= 11 is 3.13. The molecule has 0 amide bonds. The Morgan fingerprint density at radius 1 is 1.47 bits per heavy atom. The molecule has 0 saturated carbocycles. The number of halogens is 3. The molecule has 100 valence electrons. The van der Waals surface area contributed by atoms with E-state index >= 15 is 0 Å². The van der Waals surface area contributed by atoms with Gasteiger partial charge in [-0.25, -0.2) is 13.8 Å². The second-order valence-electron chi connectivity index (χ2n) is 4.02. The summed E-state index contributed by atoms with van der Waals surface area (Å²) < 4.78 is 28.8. The van der Waals surface area contributed by atoms with E-state index in [0.717, 1.165) is 11.8 Å². The lowest BCUT2D eigenvalue weighted by Gasteiger charge is -2.10. The maximum absolute atomic E-state index is 13.7. The molecule has 0 spiro atoms. The first-order valence-electron chi connectivity index (χ1n) is 5.57. The third-order valence-corrected chi connectivity index (χ3v) is 3.09. The zero-order valence-corrected chi connectivity index (χ0v) is 11.8. The highest BCUT2D eigenvalue weighted by Crippen LogP contribution is 2.29. The van der Waals surface area contributed by atoms with Gasteiger partial charge in [0.15, 0.2) is 5.82 Å². The van der Waals surface area contributed by atoms with Crippen LogP contribution in [0.2, 0.25) is 0 Å². The van der Waals surface area contributed by atoms with Crippen molar-refractivity contribution < 1.29 is 8.78 Å². The normalized spacial score (nSPS) is 10.5. The van der Waals surface area contributed by atoms with Crippen molar-refractivity contribution in [2.75, 3.05) is 5.32 Å². The van der Waals surface area contributed by atoms with Gasteiger partial charge in [-0.05, 0) is 28.9 Å². The summed E-state index contributed by atoms with van der Waals surface area (Å²) in [6.07, 6.45) is 3.53. The molecule has 2 aromatic rings. The van der Waals surface area contributed by atoms with Crippen molar-refractivity contribution in [3.05, 3.63) is 52.8 Å². The van der Waals surface area contributed by atoms with Gasteiger partial charge in [-0.15, -0.1) is 6.58 Å². The maximum Gasteiger partial charge on any atom is 0.207 e. The largest absolute Gasteiger partial charge is 0.322 e. The van der Waals surface area contributed by atoms with Crippen LogP contribution in [0.3, 0.4) is 0 Å². The number of allylic oxidation sites excluding steroid dienone is 1. The number of hydrogen-bond donors (Lipinski definition) is 1. The molecule has 0 unspecified atom stereocenters. The Morgan fingerprint density at radius 3 is 2.84 bits per heavy atom. The average Bonchev–Trinajstić information content (AvgIpc) is 2.64. The van der Waals surface area contributed by atoms with Gasteiger partial charge < -0.3 is 9.88 Å². The number of aromatic nitrogens is 2. The second-order valence-corrected chi connectivity index (χ2v) is 4.87. The van der Waals surface area contributed by atoms with Crippen LogP contribution in [-0.2, 0) is 6.54 Å². The number of aryl methyl sites for hydroxylation is 1. The van der Waals surface area contributed by atoms with Crippen LogP contribution in [0.15, 0.2) is 35.5 Å². The smallest absolute Gasteiger partial charge is 0.207 e. The number of rotatable bonds is 4. The van der Waals surface area contributed by atoms with Gasteiger partial charge in [-0.1, -0.05) is 6.08 Å². The topological polar surface area (TPSA) is 29.9 Å². The van der Waals surface area contributed by atoms with Crippen molar-refractivity contribution in [3.63, 3.8) is 0 Å². The van der Waals surface area contributed by atoms with Crippen molar-refractivity contribution in [1.82, 2.24) is 9.55 Å². The number of benzene rings is 1. The molecule has 1 N–H and O–H groups in total. The monoisotopic (exact) mass is 327 g/mol. The molecule has 0 aliphatic carbocycles. The van der Waals surface area contributed by atoms with Gasteiger partial charge in [0.2, 0.25) is 5.95 Å². The molecule has 0 aliphatic rings. The second kappa shape index (κ2) is 5.52. The third-order valence-electron chi connectivity index (χ3n) is 2.47. The van der Waals surface area contributed by atoms with Crippen molar-refractivity contribution in [2.45, 2.75) is 13.5 Å². The number of nitrogens with one attached hydrogen (secondary N) is 1. The van der Waals surface area contributed by atoms with Gasteiger partial charge in [0.05, 0.1) is 11.4 Å². The molecule has 1 aromatic carbocycles. The van der Waals surface area contributed by atoms with E-state index in [-0.39, 0.29) is 5.69 Å². The fourth-order valence-electron chi connectivity index (χ4n) is 1.70. The van der Waals surface area contributed by atoms with Crippen LogP contribution in [0.4, 0.5) is 20.4 Å². The fraction of sp³-hybridized carbons (Fsp3) is 0.154. The Kier molecular flexibility index (Phi) is 3.99. The summed E-state index contributed by atoms with van der Waals surface area (Å²) in [4.78, 5) is 4.25. The van der Waals surface area contributed by atoms with Crippen molar-refractivity contribution in [2.24, 2.45) is 0 Å². The minimum absolute atomic E-state index is 0.150. The van der Waals surface area contributed by atoms with Crippen LogP contribution >= 0.6 is 15.9 Å². The highest BCUT2D eigenvalue weighted by molar-refractivity contribution is 9.10. The SMILES string of the molecule is C=CCn1cc(C)nc1Nc1c(F)cc(F)cc1Br. The summed E-state index contributed by atoms with van der Waals surface area (Å²) in [5, 5.41) is 2.86. The zero-order chi connectivity index (χ0) is 14.0. The van der Waals surface area contributed by atoms with E-state index in [0.29, 0.717) is 17.0 Å². The van der Waals surface area contributed by atoms with Crippen molar-refractivity contribution in [3.8, 4) is 0 Å². The Hall–Kier alpha value is -1.69. The number of imidazole rings is 1. The number of nitrogens with zero attached hydrogens (tertiary/aromatic N) is 2. The summed E-state index contributed by atoms with van der Waals surface area (Å²) in [6.45, 7) is 6.03. The summed E-state index contributed by atoms with van der Waals surface area (Å²) in [5.74, 6) is -0.846. The molecule has 0 fully saturated rings. The molecule has 0 radical (unpaired) electrons. The van der Waals surface area contributed by atoms with Gasteiger partial charge in [0.25, 0.3) is 0 Å². The van der Waals surface area contributed by atoms with Gasteiger partial charge >= 0.3 is 0 Å². The quantitative estimate of drug-likeness (QED) is 0.854. The predicted octanol–water partition coefficient (Wildman–Crippen LogP) is 4.16. The van der Waals surface area contributed by atoms with E-state index in [1.165, 1.54) is 6.07 Å². The predicted molar refractivity (Wildman–Crippen MR) is 74.5 cm³/mol. The minimum Gasteiger partial charge on any atom is -0.322 e. The fourth-order valence-corrected chi connectivity index (χ4v) is 2.21. The summed E-state index contributed by atoms with van der Waals surface area (Å²) in [7, 11) is 0. The molecule has 1 aromatic heterocycles. The summed E-state index contributed by atoms with van der Waals surface area (Å²) in [6, 6.07) is 2.01. The van der Waals surface area contributed by atoms with Crippen LogP contribution in [0.5, 0.6) is 0 Å². The first-order valence-corrected chi connectivity index (χ1v) is 6.37. The van der Waals surface area contributed by atoms with Crippen LogP contribution in [0, 0.1) is 18.6 Å². The minimum atomic E-state index is -0.683. The van der Waals surface area contributed by atoms with E-state index in [1.807, 2.05) is 13.1 Å². The lowest BCUT2D eigenvalue weighted by molar-refractivity contribution is 0.584. The van der Waals surface area contributed by atoms with Crippen LogP contribution < -0.4 is 5.32 Å². The molecule has 0 saturated heterocycles. The van der Waals surface area contributed by atoms with E-state index < -0.39 is 11.6 Å². The molecular weight excluding hydrogens is 316 g/mol. The Morgan fingerprint density at radius 2 is 2.21 bits per heavy atom. The average molecular weight is 328 g/mol. The lowest BCUT2D eigenvalue weighted by Crippen LogP contribution is -2.04. The van der Waals surface area contributed by atoms with Gasteiger partial charge in [-0.3, -0.25) is 0 Å². The van der Waals surface area contributed by atoms with E-state index in [4.69, 9.17) is 0 Å². The van der Waals surface area contributed by atoms with Crippen molar-refractivity contribution >= 4 is 27.6 Å². The maximum atomic E-state index is 13.7. The van der Waals surface area contributed by atoms with Gasteiger partial charge in [0, 0.05) is 23.3 Å². The van der Waals surface area contributed by atoms with Gasteiger partial charge in [-0.2, -0.15) is 0 Å². The highest BCUT2D eigenvalue weighted by atomic mass is 79.9. The molecule has 0 bridgehead atoms. The molecule has 2 rings (SSSR count). The first-order chi connectivity index (χ1) is 9.01. The highest BCUT2D eigenvalue weighted by Gasteiger charge is 2.13. The molecule has 0 aliphatic heterocycles. The standard InChI is InChI=1S/C13H12BrF2N3/c1-3-4-19-7-8(2)17-13(19)18-12-10(14)5-9(15)6-11(12)16/h3,5-7H,1,4H2,2H3,(H,17,18). The Balaban J connectivity index is 2.38. The van der Waals surface area contributed by atoms with Crippen LogP contribution in [0.1, 0.15) is 5.69 Å². The molecule has 0 atom stereocenters. The number of anilines is 2. The Labute approximate surface area is 118 Å². The van der Waals surface area contributed by atoms with Gasteiger partial charge in [0.1, 0.15) is 5.82 Å². The lowest BCUT2D eigenvalue weighted by atomic mass is 10.3. The molecule has 1 heterocycles. The van der Waals surface area contributed by atoms with Crippen molar-refractivity contribution in [1.29, 1.82) is 0 Å². The van der Waals surface area contributed by atoms with Crippen LogP contribution in [0.25, 0.3) is 0 Å². The zero-order valence-electron chi connectivity index (χ0n) is 10.3.